The van der Waals surface area contributed by atoms with Crippen LogP contribution in [-0.2, 0) is 0 Å². The van der Waals surface area contributed by atoms with Gasteiger partial charge >= 0.3 is 5.97 Å². The van der Waals surface area contributed by atoms with E-state index in [1.165, 1.54) is 0 Å². The molecule has 0 spiro atoms. The maximum absolute atomic E-state index is 11.2. The van der Waals surface area contributed by atoms with Gasteiger partial charge in [0.1, 0.15) is 22.8 Å². The number of ether oxygens (including phenoxy) is 2. The van der Waals surface area contributed by atoms with E-state index >= 15 is 0 Å². The molecule has 2 aromatic carbocycles. The predicted molar refractivity (Wildman–Crippen MR) is 75.8 cm³/mol. The molecule has 0 fully saturated rings. The molecule has 4 nitrogen and oxygen atoms in total. The summed E-state index contributed by atoms with van der Waals surface area (Å²) in [6, 6.07) is 12.1. The topological polar surface area (TPSA) is 55.8 Å². The molecular weight excluding hydrogens is 256 g/mol. The summed E-state index contributed by atoms with van der Waals surface area (Å²) in [5.41, 5.74) is 1.08. The van der Waals surface area contributed by atoms with Gasteiger partial charge in [-0.05, 0) is 55.8 Å². The van der Waals surface area contributed by atoms with Crippen LogP contribution in [0.2, 0.25) is 0 Å². The molecule has 20 heavy (non-hydrogen) atoms. The lowest BCUT2D eigenvalue weighted by Crippen LogP contribution is -2.00. The number of carboxylic acid groups (broad SMARTS) is 1. The summed E-state index contributed by atoms with van der Waals surface area (Å²) in [5.74, 6) is 0.650. The van der Waals surface area contributed by atoms with Gasteiger partial charge in [-0.2, -0.15) is 0 Å². The Morgan fingerprint density at radius 1 is 1.10 bits per heavy atom. The molecule has 2 aromatic rings. The van der Waals surface area contributed by atoms with E-state index in [-0.39, 0.29) is 5.56 Å². The minimum atomic E-state index is -1.01. The van der Waals surface area contributed by atoms with E-state index in [1.54, 1.807) is 42.5 Å². The van der Waals surface area contributed by atoms with Crippen molar-refractivity contribution in [3.8, 4) is 17.2 Å². The molecule has 104 valence electrons. The highest BCUT2D eigenvalue weighted by Gasteiger charge is 2.12. The Balaban J connectivity index is 2.25. The fraction of sp³-hybridized carbons (Fsp3) is 0.188. The lowest BCUT2D eigenvalue weighted by Gasteiger charge is -2.10. The quantitative estimate of drug-likeness (QED) is 0.897. The van der Waals surface area contributed by atoms with Crippen molar-refractivity contribution in [3.63, 3.8) is 0 Å². The van der Waals surface area contributed by atoms with E-state index in [4.69, 9.17) is 14.6 Å². The zero-order chi connectivity index (χ0) is 14.5. The molecule has 0 aliphatic carbocycles. The highest BCUT2D eigenvalue weighted by molar-refractivity contribution is 5.91. The molecule has 0 unspecified atom stereocenters. The van der Waals surface area contributed by atoms with Gasteiger partial charge in [0.05, 0.1) is 6.61 Å². The molecule has 2 rings (SSSR count). The number of aryl methyl sites for hydroxylation is 1. The Labute approximate surface area is 117 Å². The molecule has 0 amide bonds. The second-order valence-corrected chi connectivity index (χ2v) is 4.31. The van der Waals surface area contributed by atoms with E-state index in [0.29, 0.717) is 18.1 Å². The number of hydrogen-bond donors (Lipinski definition) is 1. The van der Waals surface area contributed by atoms with Gasteiger partial charge in [0.2, 0.25) is 0 Å². The fourth-order valence-electron chi connectivity index (χ4n) is 1.79. The van der Waals surface area contributed by atoms with Crippen LogP contribution in [0.1, 0.15) is 22.8 Å². The van der Waals surface area contributed by atoms with Crippen molar-refractivity contribution < 1.29 is 19.4 Å². The van der Waals surface area contributed by atoms with Crippen LogP contribution in [0.25, 0.3) is 0 Å². The molecular formula is C16H16O4. The van der Waals surface area contributed by atoms with Crippen LogP contribution >= 0.6 is 0 Å². The van der Waals surface area contributed by atoms with Crippen LogP contribution in [0.4, 0.5) is 0 Å². The number of benzene rings is 2. The minimum absolute atomic E-state index is 0.143. The third-order valence-corrected chi connectivity index (χ3v) is 2.73. The van der Waals surface area contributed by atoms with Crippen LogP contribution in [0.5, 0.6) is 17.2 Å². The summed E-state index contributed by atoms with van der Waals surface area (Å²) in [6.45, 7) is 4.40. The standard InChI is InChI=1S/C16H16O4/c1-3-19-12-5-7-13(8-6-12)20-15-10-11(2)4-9-14(15)16(17)18/h4-10H,3H2,1-2H3,(H,17,18). The van der Waals surface area contributed by atoms with Gasteiger partial charge < -0.3 is 14.6 Å². The fourth-order valence-corrected chi connectivity index (χ4v) is 1.79. The SMILES string of the molecule is CCOc1ccc(Oc2cc(C)ccc2C(=O)O)cc1. The van der Waals surface area contributed by atoms with Crippen molar-refractivity contribution in [1.82, 2.24) is 0 Å². The molecule has 0 saturated carbocycles. The van der Waals surface area contributed by atoms with Crippen LogP contribution in [0.3, 0.4) is 0 Å². The van der Waals surface area contributed by atoms with Crippen molar-refractivity contribution in [1.29, 1.82) is 0 Å². The summed E-state index contributed by atoms with van der Waals surface area (Å²) in [4.78, 5) is 11.2. The number of rotatable bonds is 5. The monoisotopic (exact) mass is 272 g/mol. The van der Waals surface area contributed by atoms with Crippen LogP contribution in [-0.4, -0.2) is 17.7 Å². The van der Waals surface area contributed by atoms with Gasteiger partial charge in [0.15, 0.2) is 0 Å². The smallest absolute Gasteiger partial charge is 0.339 e. The molecule has 0 aromatic heterocycles. The molecule has 0 aliphatic heterocycles. The molecule has 4 heteroatoms. The molecule has 0 aliphatic rings. The van der Waals surface area contributed by atoms with Crippen molar-refractivity contribution in [2.45, 2.75) is 13.8 Å². The number of aromatic carboxylic acids is 1. The Morgan fingerprint density at radius 2 is 1.75 bits per heavy atom. The van der Waals surface area contributed by atoms with E-state index in [0.717, 1.165) is 11.3 Å². The minimum Gasteiger partial charge on any atom is -0.494 e. The Hall–Kier alpha value is -2.49. The van der Waals surface area contributed by atoms with Gasteiger partial charge in [-0.3, -0.25) is 0 Å². The Bertz CT molecular complexity index is 602. The molecule has 1 N–H and O–H groups in total. The zero-order valence-corrected chi connectivity index (χ0v) is 11.4. The second kappa shape index (κ2) is 6.10. The van der Waals surface area contributed by atoms with Crippen LogP contribution < -0.4 is 9.47 Å². The summed E-state index contributed by atoms with van der Waals surface area (Å²) in [5, 5.41) is 9.15. The second-order valence-electron chi connectivity index (χ2n) is 4.31. The summed E-state index contributed by atoms with van der Waals surface area (Å²) >= 11 is 0. The van der Waals surface area contributed by atoms with Gasteiger partial charge in [-0.15, -0.1) is 0 Å². The number of hydrogen-bond acceptors (Lipinski definition) is 3. The Morgan fingerprint density at radius 3 is 2.35 bits per heavy atom. The predicted octanol–water partition coefficient (Wildman–Crippen LogP) is 3.88. The first-order valence-electron chi connectivity index (χ1n) is 6.35. The number of carbonyl (C=O) groups is 1. The molecule has 0 atom stereocenters. The molecule has 0 bridgehead atoms. The summed E-state index contributed by atoms with van der Waals surface area (Å²) < 4.78 is 11.0. The van der Waals surface area contributed by atoms with Crippen molar-refractivity contribution in [3.05, 3.63) is 53.6 Å². The largest absolute Gasteiger partial charge is 0.494 e. The average molecular weight is 272 g/mol. The van der Waals surface area contributed by atoms with Crippen molar-refractivity contribution in [2.75, 3.05) is 6.61 Å². The van der Waals surface area contributed by atoms with Gasteiger partial charge in [-0.25, -0.2) is 4.79 Å². The number of carboxylic acids is 1. The maximum Gasteiger partial charge on any atom is 0.339 e. The lowest BCUT2D eigenvalue weighted by atomic mass is 10.1. The maximum atomic E-state index is 11.2. The summed E-state index contributed by atoms with van der Waals surface area (Å²) in [7, 11) is 0. The first-order chi connectivity index (χ1) is 9.60. The Kier molecular flexibility index (Phi) is 4.25. The van der Waals surface area contributed by atoms with E-state index in [1.807, 2.05) is 13.8 Å². The third kappa shape index (κ3) is 3.29. The van der Waals surface area contributed by atoms with E-state index in [2.05, 4.69) is 0 Å². The van der Waals surface area contributed by atoms with Crippen LogP contribution in [0, 0.1) is 6.92 Å². The van der Waals surface area contributed by atoms with Gasteiger partial charge in [0.25, 0.3) is 0 Å². The molecule has 0 saturated heterocycles. The van der Waals surface area contributed by atoms with Gasteiger partial charge in [-0.1, -0.05) is 6.07 Å². The first-order valence-corrected chi connectivity index (χ1v) is 6.35. The molecule has 0 heterocycles. The van der Waals surface area contributed by atoms with Crippen molar-refractivity contribution >= 4 is 5.97 Å². The zero-order valence-electron chi connectivity index (χ0n) is 11.4. The van der Waals surface area contributed by atoms with Crippen LogP contribution in [0.15, 0.2) is 42.5 Å². The highest BCUT2D eigenvalue weighted by Crippen LogP contribution is 2.28. The average Bonchev–Trinajstić information content (AvgIpc) is 2.41. The van der Waals surface area contributed by atoms with Gasteiger partial charge in [0, 0.05) is 0 Å². The summed E-state index contributed by atoms with van der Waals surface area (Å²) in [6.07, 6.45) is 0. The highest BCUT2D eigenvalue weighted by atomic mass is 16.5. The first kappa shape index (κ1) is 13.9. The normalized spacial score (nSPS) is 10.1. The van der Waals surface area contributed by atoms with Crippen molar-refractivity contribution in [2.24, 2.45) is 0 Å². The van der Waals surface area contributed by atoms with E-state index in [9.17, 15) is 4.79 Å². The van der Waals surface area contributed by atoms with E-state index < -0.39 is 5.97 Å². The third-order valence-electron chi connectivity index (χ3n) is 2.73. The lowest BCUT2D eigenvalue weighted by molar-refractivity contribution is 0.0694. The molecule has 0 radical (unpaired) electrons.